The molecule has 2 rings (SSSR count). The molecule has 10 heteroatoms. The Kier molecular flexibility index (Phi) is 7.75. The average Bonchev–Trinajstić information content (AvgIpc) is 2.73. The molecule has 0 saturated carbocycles. The second-order valence-corrected chi connectivity index (χ2v) is 5.85. The van der Waals surface area contributed by atoms with Crippen molar-refractivity contribution in [3.05, 3.63) is 70.3 Å². The highest BCUT2D eigenvalue weighted by atomic mass is 19.1. The zero-order valence-corrected chi connectivity index (χ0v) is 15.4. The van der Waals surface area contributed by atoms with Crippen LogP contribution in [-0.2, 0) is 16.1 Å². The van der Waals surface area contributed by atoms with E-state index in [1.807, 2.05) is 0 Å². The van der Waals surface area contributed by atoms with Gasteiger partial charge >= 0.3 is 0 Å². The maximum atomic E-state index is 14.6. The van der Waals surface area contributed by atoms with E-state index in [0.717, 1.165) is 18.3 Å². The van der Waals surface area contributed by atoms with Crippen LogP contribution in [0.3, 0.4) is 0 Å². The van der Waals surface area contributed by atoms with E-state index < -0.39 is 29.2 Å². The summed E-state index contributed by atoms with van der Waals surface area (Å²) in [5.41, 5.74) is 2.03. The number of ether oxygens (including phenoxy) is 1. The van der Waals surface area contributed by atoms with Crippen LogP contribution in [0, 0.1) is 17.0 Å². The molecule has 0 fully saturated rings. The van der Waals surface area contributed by atoms with Crippen LogP contribution >= 0.6 is 0 Å². The Labute approximate surface area is 165 Å². The van der Waals surface area contributed by atoms with Crippen molar-refractivity contribution in [1.82, 2.24) is 10.8 Å². The summed E-state index contributed by atoms with van der Waals surface area (Å²) < 4.78 is 34.2. The number of oxime groups is 1. The summed E-state index contributed by atoms with van der Waals surface area (Å²) >= 11 is 0. The van der Waals surface area contributed by atoms with E-state index >= 15 is 0 Å². The normalized spacial score (nSPS) is 12.0. The Morgan fingerprint density at radius 3 is 2.55 bits per heavy atom. The number of nitrogens with one attached hydrogen (secondary N) is 3. The SMILES string of the molecule is CCOC(C(=O)NCc1ccc(C(=N)NO)cc1)c1c(F)ccc(C=NO)c1F. The zero-order valence-electron chi connectivity index (χ0n) is 15.4. The number of amides is 1. The van der Waals surface area contributed by atoms with Gasteiger partial charge in [-0.05, 0) is 24.6 Å². The number of hydroxylamine groups is 1. The molecular formula is C19H20F2N4O4. The average molecular weight is 406 g/mol. The molecule has 0 aliphatic carbocycles. The van der Waals surface area contributed by atoms with Gasteiger partial charge in [0.05, 0.1) is 11.8 Å². The van der Waals surface area contributed by atoms with Crippen LogP contribution in [0.25, 0.3) is 0 Å². The monoisotopic (exact) mass is 406 g/mol. The van der Waals surface area contributed by atoms with Gasteiger partial charge in [-0.2, -0.15) is 0 Å². The molecule has 154 valence electrons. The number of halogens is 2. The molecule has 0 aliphatic rings. The second-order valence-electron chi connectivity index (χ2n) is 5.85. The third-order valence-corrected chi connectivity index (χ3v) is 4.01. The van der Waals surface area contributed by atoms with Gasteiger partial charge in [-0.25, -0.2) is 8.78 Å². The van der Waals surface area contributed by atoms with Gasteiger partial charge in [0.1, 0.15) is 17.5 Å². The maximum Gasteiger partial charge on any atom is 0.254 e. The molecule has 2 aromatic rings. The van der Waals surface area contributed by atoms with Crippen LogP contribution in [0.2, 0.25) is 0 Å². The lowest BCUT2D eigenvalue weighted by Crippen LogP contribution is -2.32. The standard InChI is InChI=1S/C19H20F2N4O4/c1-2-29-17(15-14(20)8-7-13(10-24-27)16(15)21)19(26)23-9-11-3-5-12(6-4-11)18(22)25-28/h3-8,10,17,27-28H,2,9H2,1H3,(H2,22,25)(H,23,26). The van der Waals surface area contributed by atoms with Crippen molar-refractivity contribution >= 4 is 18.0 Å². The highest BCUT2D eigenvalue weighted by Gasteiger charge is 2.29. The molecule has 0 heterocycles. The van der Waals surface area contributed by atoms with Crippen LogP contribution in [0.15, 0.2) is 41.6 Å². The molecule has 0 aromatic heterocycles. The molecule has 0 bridgehead atoms. The lowest BCUT2D eigenvalue weighted by atomic mass is 10.0. The summed E-state index contributed by atoms with van der Waals surface area (Å²) in [6.45, 7) is 1.65. The second kappa shape index (κ2) is 10.2. The number of amidine groups is 1. The van der Waals surface area contributed by atoms with Crippen molar-refractivity contribution in [2.75, 3.05) is 6.61 Å². The molecule has 2 aromatic carbocycles. The van der Waals surface area contributed by atoms with Crippen molar-refractivity contribution < 1.29 is 28.7 Å². The first-order chi connectivity index (χ1) is 13.9. The quantitative estimate of drug-likeness (QED) is 0.199. The third-order valence-electron chi connectivity index (χ3n) is 4.01. The molecule has 8 nitrogen and oxygen atoms in total. The van der Waals surface area contributed by atoms with Gasteiger partial charge in [-0.15, -0.1) is 0 Å². The number of rotatable bonds is 8. The summed E-state index contributed by atoms with van der Waals surface area (Å²) in [7, 11) is 0. The van der Waals surface area contributed by atoms with E-state index in [4.69, 9.17) is 20.6 Å². The molecule has 0 aliphatic heterocycles. The minimum atomic E-state index is -1.54. The van der Waals surface area contributed by atoms with E-state index in [-0.39, 0.29) is 24.6 Å². The Hall–Kier alpha value is -3.37. The Balaban J connectivity index is 2.20. The van der Waals surface area contributed by atoms with E-state index in [2.05, 4.69) is 10.5 Å². The number of nitrogens with zero attached hydrogens (tertiary/aromatic N) is 1. The van der Waals surface area contributed by atoms with Gasteiger partial charge < -0.3 is 15.3 Å². The minimum Gasteiger partial charge on any atom is -0.411 e. The Bertz CT molecular complexity index is 904. The Morgan fingerprint density at radius 2 is 1.97 bits per heavy atom. The molecule has 0 saturated heterocycles. The van der Waals surface area contributed by atoms with Crippen molar-refractivity contribution in [2.24, 2.45) is 5.16 Å². The van der Waals surface area contributed by atoms with E-state index in [1.54, 1.807) is 36.7 Å². The van der Waals surface area contributed by atoms with E-state index in [9.17, 15) is 13.6 Å². The van der Waals surface area contributed by atoms with E-state index in [1.165, 1.54) is 0 Å². The number of benzene rings is 2. The molecule has 5 N–H and O–H groups in total. The highest BCUT2D eigenvalue weighted by molar-refractivity contribution is 5.95. The number of hydrogen-bond donors (Lipinski definition) is 5. The topological polar surface area (TPSA) is 127 Å². The Morgan fingerprint density at radius 1 is 1.28 bits per heavy atom. The first kappa shape index (κ1) is 21.9. The largest absolute Gasteiger partial charge is 0.411 e. The van der Waals surface area contributed by atoms with Gasteiger partial charge in [0.2, 0.25) is 0 Å². The smallest absolute Gasteiger partial charge is 0.254 e. The fourth-order valence-electron chi connectivity index (χ4n) is 2.58. The van der Waals surface area contributed by atoms with Gasteiger partial charge in [0.15, 0.2) is 6.10 Å². The minimum absolute atomic E-state index is 0.0280. The van der Waals surface area contributed by atoms with Gasteiger partial charge in [0.25, 0.3) is 5.91 Å². The third kappa shape index (κ3) is 5.33. The van der Waals surface area contributed by atoms with Crippen molar-refractivity contribution in [3.63, 3.8) is 0 Å². The number of carbonyl (C=O) groups is 1. The summed E-state index contributed by atoms with van der Waals surface area (Å²) in [4.78, 5) is 12.6. The lowest BCUT2D eigenvalue weighted by Gasteiger charge is -2.19. The molecule has 0 radical (unpaired) electrons. The molecule has 29 heavy (non-hydrogen) atoms. The van der Waals surface area contributed by atoms with Crippen molar-refractivity contribution in [1.29, 1.82) is 5.41 Å². The van der Waals surface area contributed by atoms with Crippen molar-refractivity contribution in [2.45, 2.75) is 19.6 Å². The fourth-order valence-corrected chi connectivity index (χ4v) is 2.58. The fraction of sp³-hybridized carbons (Fsp3) is 0.211. The van der Waals surface area contributed by atoms with Crippen molar-refractivity contribution in [3.8, 4) is 0 Å². The highest BCUT2D eigenvalue weighted by Crippen LogP contribution is 2.26. The molecule has 0 spiro atoms. The number of hydrogen-bond acceptors (Lipinski definition) is 6. The summed E-state index contributed by atoms with van der Waals surface area (Å²) in [6, 6.07) is 8.40. The van der Waals surface area contributed by atoms with Gasteiger partial charge in [-0.1, -0.05) is 29.4 Å². The van der Waals surface area contributed by atoms with Crippen LogP contribution in [-0.4, -0.2) is 35.0 Å². The van der Waals surface area contributed by atoms with Crippen LogP contribution in [0.5, 0.6) is 0 Å². The molecule has 1 unspecified atom stereocenters. The van der Waals surface area contributed by atoms with E-state index in [0.29, 0.717) is 11.1 Å². The summed E-state index contributed by atoms with van der Waals surface area (Å²) in [5, 5.41) is 30.1. The zero-order chi connectivity index (χ0) is 21.4. The predicted octanol–water partition coefficient (Wildman–Crippen LogP) is 2.47. The van der Waals surface area contributed by atoms with Crippen LogP contribution < -0.4 is 10.8 Å². The summed E-state index contributed by atoms with van der Waals surface area (Å²) in [5.74, 6) is -2.97. The molecular weight excluding hydrogens is 386 g/mol. The van der Waals surface area contributed by atoms with Gasteiger partial charge in [-0.3, -0.25) is 20.9 Å². The summed E-state index contributed by atoms with van der Waals surface area (Å²) in [6.07, 6.45) is -0.752. The maximum absolute atomic E-state index is 14.6. The van der Waals surface area contributed by atoms with Crippen LogP contribution in [0.4, 0.5) is 8.78 Å². The lowest BCUT2D eigenvalue weighted by molar-refractivity contribution is -0.133. The first-order valence-corrected chi connectivity index (χ1v) is 8.55. The first-order valence-electron chi connectivity index (χ1n) is 8.55. The van der Waals surface area contributed by atoms with Crippen LogP contribution in [0.1, 0.15) is 35.3 Å². The number of carbonyl (C=O) groups excluding carboxylic acids is 1. The van der Waals surface area contributed by atoms with Gasteiger partial charge in [0, 0.05) is 24.3 Å². The molecule has 1 amide bonds. The predicted molar refractivity (Wildman–Crippen MR) is 100 cm³/mol. The molecule has 1 atom stereocenters.